The number of unbranched alkanes of at least 4 members (excludes halogenated alkanes) is 1. The van der Waals surface area contributed by atoms with Crippen molar-refractivity contribution in [2.45, 2.75) is 32.4 Å². The first kappa shape index (κ1) is 15.6. The van der Waals surface area contributed by atoms with E-state index < -0.39 is 6.17 Å². The zero-order chi connectivity index (χ0) is 17.2. The number of halogens is 1. The first-order chi connectivity index (χ1) is 12.3. The van der Waals surface area contributed by atoms with Crippen molar-refractivity contribution in [1.29, 1.82) is 0 Å². The number of aromatic nitrogens is 4. The number of hydrogen-bond acceptors (Lipinski definition) is 5. The molecule has 1 aromatic carbocycles. The van der Waals surface area contributed by atoms with Gasteiger partial charge in [-0.05, 0) is 30.7 Å². The van der Waals surface area contributed by atoms with Crippen molar-refractivity contribution in [2.24, 2.45) is 0 Å². The lowest BCUT2D eigenvalue weighted by molar-refractivity contribution is 0.295. The Kier molecular flexibility index (Phi) is 4.05. The van der Waals surface area contributed by atoms with Gasteiger partial charge in [-0.2, -0.15) is 5.10 Å². The minimum absolute atomic E-state index is 0.377. The molecule has 4 rings (SSSR count). The molecular formula is C18H18FN5O. The molecule has 25 heavy (non-hydrogen) atoms. The second-order valence-electron chi connectivity index (χ2n) is 5.99. The van der Waals surface area contributed by atoms with Crippen LogP contribution in [-0.2, 0) is 0 Å². The highest BCUT2D eigenvalue weighted by molar-refractivity contribution is 5.89. The number of rotatable bonds is 6. The van der Waals surface area contributed by atoms with Gasteiger partial charge in [0.15, 0.2) is 11.4 Å². The summed E-state index contributed by atoms with van der Waals surface area (Å²) in [6, 6.07) is 9.23. The van der Waals surface area contributed by atoms with Crippen LogP contribution in [0.3, 0.4) is 0 Å². The van der Waals surface area contributed by atoms with E-state index in [0.29, 0.717) is 28.9 Å². The Bertz CT molecular complexity index is 1010. The Balaban J connectivity index is 1.61. The fourth-order valence-corrected chi connectivity index (χ4v) is 2.86. The molecule has 0 aliphatic rings. The number of alkyl halides is 1. The third kappa shape index (κ3) is 2.93. The molecule has 128 valence electrons. The van der Waals surface area contributed by atoms with Gasteiger partial charge in [0.1, 0.15) is 17.4 Å². The number of fused-ring (bicyclic) bond motifs is 2. The number of nitrogens with zero attached hydrogens (tertiary/aromatic N) is 3. The molecule has 0 radical (unpaired) electrons. The number of anilines is 2. The van der Waals surface area contributed by atoms with E-state index in [1.54, 1.807) is 12.3 Å². The summed E-state index contributed by atoms with van der Waals surface area (Å²) in [5.74, 6) is 0.626. The zero-order valence-corrected chi connectivity index (χ0v) is 13.8. The minimum Gasteiger partial charge on any atom is -0.356 e. The molecule has 6 nitrogen and oxygen atoms in total. The Hall–Kier alpha value is -2.96. The normalized spacial score (nSPS) is 12.7. The van der Waals surface area contributed by atoms with E-state index >= 15 is 0 Å². The number of aromatic amines is 1. The molecule has 1 atom stereocenters. The SMILES string of the molecule is CCCCC(F)c1noc2cc(Nc3n[nH]c4cccnc34)ccc12. The monoisotopic (exact) mass is 339 g/mol. The Morgan fingerprint density at radius 1 is 1.32 bits per heavy atom. The van der Waals surface area contributed by atoms with Crippen LogP contribution >= 0.6 is 0 Å². The van der Waals surface area contributed by atoms with Crippen LogP contribution in [0.5, 0.6) is 0 Å². The molecule has 0 aliphatic carbocycles. The molecule has 0 saturated carbocycles. The average Bonchev–Trinajstić information content (AvgIpc) is 3.24. The van der Waals surface area contributed by atoms with Gasteiger partial charge in [0.25, 0.3) is 0 Å². The van der Waals surface area contributed by atoms with Gasteiger partial charge in [0, 0.05) is 23.3 Å². The van der Waals surface area contributed by atoms with E-state index in [-0.39, 0.29) is 0 Å². The third-order valence-electron chi connectivity index (χ3n) is 4.19. The summed E-state index contributed by atoms with van der Waals surface area (Å²) >= 11 is 0. The molecular weight excluding hydrogens is 321 g/mol. The first-order valence-corrected chi connectivity index (χ1v) is 8.35. The van der Waals surface area contributed by atoms with Crippen LogP contribution < -0.4 is 5.32 Å². The first-order valence-electron chi connectivity index (χ1n) is 8.35. The number of nitrogens with one attached hydrogen (secondary N) is 2. The standard InChI is InChI=1S/C18H18FN5O/c1-2-3-5-13(19)16-12-8-7-11(10-15(12)25-24-16)21-18-17-14(22-23-18)6-4-9-20-17/h4,6-10,13H,2-3,5H2,1H3,(H2,21,22,23). The number of pyridine rings is 1. The van der Waals surface area contributed by atoms with Gasteiger partial charge in [-0.15, -0.1) is 0 Å². The van der Waals surface area contributed by atoms with Crippen molar-refractivity contribution >= 4 is 33.5 Å². The molecule has 0 aliphatic heterocycles. The number of benzene rings is 1. The summed E-state index contributed by atoms with van der Waals surface area (Å²) in [5.41, 5.74) is 3.31. The minimum atomic E-state index is -1.10. The zero-order valence-electron chi connectivity index (χ0n) is 13.8. The Morgan fingerprint density at radius 3 is 3.12 bits per heavy atom. The summed E-state index contributed by atoms with van der Waals surface area (Å²) in [4.78, 5) is 4.31. The van der Waals surface area contributed by atoms with Crippen LogP contribution in [0.2, 0.25) is 0 Å². The fraction of sp³-hybridized carbons (Fsp3) is 0.278. The lowest BCUT2D eigenvalue weighted by atomic mass is 10.1. The van der Waals surface area contributed by atoms with Gasteiger partial charge in [0.05, 0.1) is 5.52 Å². The molecule has 0 spiro atoms. The molecule has 3 aromatic heterocycles. The van der Waals surface area contributed by atoms with Crippen molar-refractivity contribution in [2.75, 3.05) is 5.32 Å². The van der Waals surface area contributed by atoms with Gasteiger partial charge in [-0.3, -0.25) is 10.1 Å². The van der Waals surface area contributed by atoms with Crippen molar-refractivity contribution in [3.63, 3.8) is 0 Å². The average molecular weight is 339 g/mol. The second-order valence-corrected chi connectivity index (χ2v) is 5.99. The van der Waals surface area contributed by atoms with Crippen LogP contribution in [0.1, 0.15) is 38.1 Å². The predicted molar refractivity (Wildman–Crippen MR) is 94.6 cm³/mol. The summed E-state index contributed by atoms with van der Waals surface area (Å²) in [6.07, 6.45) is 2.86. The predicted octanol–water partition coefficient (Wildman–Crippen LogP) is 5.04. The van der Waals surface area contributed by atoms with Gasteiger partial charge in [-0.25, -0.2) is 4.39 Å². The van der Waals surface area contributed by atoms with Gasteiger partial charge < -0.3 is 9.84 Å². The second kappa shape index (κ2) is 6.51. The molecule has 0 saturated heterocycles. The van der Waals surface area contributed by atoms with Crippen molar-refractivity contribution in [3.05, 3.63) is 42.2 Å². The molecule has 0 bridgehead atoms. The topological polar surface area (TPSA) is 79.6 Å². The quantitative estimate of drug-likeness (QED) is 0.514. The molecule has 7 heteroatoms. The molecule has 3 heterocycles. The van der Waals surface area contributed by atoms with E-state index in [1.807, 2.05) is 31.2 Å². The fourth-order valence-electron chi connectivity index (χ4n) is 2.86. The van der Waals surface area contributed by atoms with Gasteiger partial charge in [0.2, 0.25) is 0 Å². The number of hydrogen-bond donors (Lipinski definition) is 2. The van der Waals surface area contributed by atoms with Crippen molar-refractivity contribution < 1.29 is 8.91 Å². The Morgan fingerprint density at radius 2 is 2.24 bits per heavy atom. The maximum atomic E-state index is 14.3. The summed E-state index contributed by atoms with van der Waals surface area (Å²) in [7, 11) is 0. The molecule has 0 amide bonds. The van der Waals surface area contributed by atoms with Crippen LogP contribution in [0.25, 0.3) is 22.0 Å². The highest BCUT2D eigenvalue weighted by atomic mass is 19.1. The van der Waals surface area contributed by atoms with E-state index in [1.165, 1.54) is 0 Å². The highest BCUT2D eigenvalue weighted by Gasteiger charge is 2.18. The molecule has 1 unspecified atom stereocenters. The van der Waals surface area contributed by atoms with Crippen LogP contribution in [0.4, 0.5) is 15.9 Å². The van der Waals surface area contributed by atoms with E-state index in [9.17, 15) is 4.39 Å². The van der Waals surface area contributed by atoms with Crippen LogP contribution in [0, 0.1) is 0 Å². The lowest BCUT2D eigenvalue weighted by Crippen LogP contribution is -1.93. The molecule has 0 fully saturated rings. The maximum Gasteiger partial charge on any atom is 0.178 e. The van der Waals surface area contributed by atoms with Gasteiger partial charge in [-0.1, -0.05) is 24.9 Å². The van der Waals surface area contributed by atoms with Crippen LogP contribution in [-0.4, -0.2) is 20.3 Å². The number of H-pyrrole nitrogens is 1. The summed E-state index contributed by atoms with van der Waals surface area (Å²) in [5, 5.41) is 15.0. The maximum absolute atomic E-state index is 14.3. The van der Waals surface area contributed by atoms with Crippen molar-refractivity contribution in [1.82, 2.24) is 20.3 Å². The Labute approximate surface area is 143 Å². The highest BCUT2D eigenvalue weighted by Crippen LogP contribution is 2.32. The van der Waals surface area contributed by atoms with E-state index in [2.05, 4.69) is 25.7 Å². The van der Waals surface area contributed by atoms with Gasteiger partial charge >= 0.3 is 0 Å². The smallest absolute Gasteiger partial charge is 0.178 e. The summed E-state index contributed by atoms with van der Waals surface area (Å²) < 4.78 is 19.6. The molecule has 2 N–H and O–H groups in total. The van der Waals surface area contributed by atoms with Crippen LogP contribution in [0.15, 0.2) is 41.1 Å². The lowest BCUT2D eigenvalue weighted by Gasteiger charge is -2.05. The van der Waals surface area contributed by atoms with Crippen molar-refractivity contribution in [3.8, 4) is 0 Å². The molecule has 4 aromatic rings. The van der Waals surface area contributed by atoms with E-state index in [4.69, 9.17) is 4.52 Å². The third-order valence-corrected chi connectivity index (χ3v) is 4.19. The largest absolute Gasteiger partial charge is 0.356 e. The van der Waals surface area contributed by atoms with E-state index in [0.717, 1.165) is 29.6 Å². The summed E-state index contributed by atoms with van der Waals surface area (Å²) in [6.45, 7) is 2.04.